The van der Waals surface area contributed by atoms with Crippen LogP contribution in [0.4, 0.5) is 0 Å². The zero-order chi connectivity index (χ0) is 25.5. The molecule has 6 unspecified atom stereocenters. The molecule has 36 heavy (non-hydrogen) atoms. The molecular weight excluding hydrogens is 450 g/mol. The van der Waals surface area contributed by atoms with Crippen molar-refractivity contribution in [2.75, 3.05) is 0 Å². The molecule has 0 aromatic heterocycles. The van der Waals surface area contributed by atoms with E-state index in [4.69, 9.17) is 4.74 Å². The van der Waals surface area contributed by atoms with Crippen molar-refractivity contribution < 1.29 is 19.1 Å². The van der Waals surface area contributed by atoms with Crippen molar-refractivity contribution in [1.82, 2.24) is 5.32 Å². The highest BCUT2D eigenvalue weighted by Gasteiger charge is 2.73. The first-order chi connectivity index (χ1) is 17.1. The Kier molecular flexibility index (Phi) is 5.34. The number of carbonyl (C=O) groups is 3. The summed E-state index contributed by atoms with van der Waals surface area (Å²) in [5.41, 5.74) is 1.65. The summed E-state index contributed by atoms with van der Waals surface area (Å²) in [7, 11) is 0. The molecule has 1 heterocycles. The van der Waals surface area contributed by atoms with Gasteiger partial charge in [-0.2, -0.15) is 0 Å². The van der Waals surface area contributed by atoms with Crippen LogP contribution in [0.3, 0.4) is 0 Å². The van der Waals surface area contributed by atoms with Gasteiger partial charge in [0.2, 0.25) is 5.91 Å². The van der Waals surface area contributed by atoms with Crippen LogP contribution in [0.2, 0.25) is 0 Å². The van der Waals surface area contributed by atoms with Gasteiger partial charge in [0.1, 0.15) is 0 Å². The van der Waals surface area contributed by atoms with Crippen molar-refractivity contribution in [2.45, 2.75) is 72.8 Å². The number of allylic oxidation sites excluding steroid dienone is 2. The number of rotatable bonds is 4. The summed E-state index contributed by atoms with van der Waals surface area (Å²) in [4.78, 5) is 39.8. The van der Waals surface area contributed by atoms with E-state index in [-0.39, 0.29) is 58.3 Å². The Balaban J connectivity index is 1.35. The topological polar surface area (TPSA) is 72.5 Å². The van der Waals surface area contributed by atoms with E-state index in [0.717, 1.165) is 44.1 Å². The SMILES string of the molecule is CC(C)C1=CC23CCC4[C@](C)(CCC[C@@]4(C)C(=O)NCc4ccccc4)C2CC1C1C(=O)OC(=O)C13. The van der Waals surface area contributed by atoms with Gasteiger partial charge >= 0.3 is 11.9 Å². The van der Waals surface area contributed by atoms with E-state index in [1.807, 2.05) is 30.3 Å². The third-order valence-corrected chi connectivity index (χ3v) is 11.2. The van der Waals surface area contributed by atoms with Gasteiger partial charge in [0.05, 0.1) is 11.8 Å². The van der Waals surface area contributed by atoms with E-state index < -0.39 is 5.41 Å². The van der Waals surface area contributed by atoms with Crippen LogP contribution in [0.15, 0.2) is 42.0 Å². The second-order valence-electron chi connectivity index (χ2n) is 13.1. The number of nitrogens with one attached hydrogen (secondary N) is 1. The molecular formula is C31H39NO4. The molecule has 1 aromatic rings. The Morgan fingerprint density at radius 2 is 1.81 bits per heavy atom. The molecule has 1 spiro atoms. The molecule has 0 radical (unpaired) electrons. The summed E-state index contributed by atoms with van der Waals surface area (Å²) in [6.07, 6.45) is 8.10. The summed E-state index contributed by atoms with van der Waals surface area (Å²) in [5.74, 6) is -0.148. The molecule has 192 valence electrons. The third-order valence-electron chi connectivity index (χ3n) is 11.2. The Labute approximate surface area is 214 Å². The smallest absolute Gasteiger partial charge is 0.318 e. The first kappa shape index (κ1) is 23.9. The van der Waals surface area contributed by atoms with Crippen LogP contribution in [-0.4, -0.2) is 17.8 Å². The fourth-order valence-corrected chi connectivity index (χ4v) is 9.76. The van der Waals surface area contributed by atoms with E-state index >= 15 is 0 Å². The van der Waals surface area contributed by atoms with Crippen LogP contribution < -0.4 is 5.32 Å². The number of ether oxygens (including phenoxy) is 1. The summed E-state index contributed by atoms with van der Waals surface area (Å²) >= 11 is 0. The molecule has 5 aliphatic carbocycles. The molecule has 1 aromatic carbocycles. The third kappa shape index (κ3) is 3.10. The number of hydrogen-bond donors (Lipinski definition) is 1. The molecule has 5 heteroatoms. The summed E-state index contributed by atoms with van der Waals surface area (Å²) in [5, 5.41) is 3.27. The lowest BCUT2D eigenvalue weighted by Crippen LogP contribution is -2.65. The van der Waals surface area contributed by atoms with Gasteiger partial charge in [-0.3, -0.25) is 14.4 Å². The van der Waals surface area contributed by atoms with Crippen LogP contribution in [0, 0.1) is 51.8 Å². The van der Waals surface area contributed by atoms with Crippen molar-refractivity contribution >= 4 is 17.8 Å². The maximum absolute atomic E-state index is 13.8. The number of cyclic esters (lactones) is 2. The highest BCUT2D eigenvalue weighted by molar-refractivity contribution is 5.98. The van der Waals surface area contributed by atoms with E-state index in [9.17, 15) is 14.4 Å². The lowest BCUT2D eigenvalue weighted by Gasteiger charge is -2.68. The highest BCUT2D eigenvalue weighted by atomic mass is 16.6. The second-order valence-corrected chi connectivity index (χ2v) is 13.1. The van der Waals surface area contributed by atoms with E-state index in [1.54, 1.807) is 0 Å². The zero-order valence-electron chi connectivity index (χ0n) is 22.0. The van der Waals surface area contributed by atoms with Gasteiger partial charge in [0, 0.05) is 17.4 Å². The minimum atomic E-state index is -0.434. The second kappa shape index (κ2) is 8.03. The maximum atomic E-state index is 13.8. The van der Waals surface area contributed by atoms with Gasteiger partial charge in [-0.15, -0.1) is 0 Å². The molecule has 1 aliphatic heterocycles. The molecule has 1 saturated heterocycles. The van der Waals surface area contributed by atoms with E-state index in [0.29, 0.717) is 12.5 Å². The van der Waals surface area contributed by atoms with Gasteiger partial charge in [0.25, 0.3) is 0 Å². The summed E-state index contributed by atoms with van der Waals surface area (Å²) in [6, 6.07) is 10.1. The Hall–Kier alpha value is -2.43. The molecule has 8 atom stereocenters. The predicted molar refractivity (Wildman–Crippen MR) is 136 cm³/mol. The summed E-state index contributed by atoms with van der Waals surface area (Å²) < 4.78 is 5.31. The Morgan fingerprint density at radius 1 is 1.06 bits per heavy atom. The lowest BCUT2D eigenvalue weighted by atomic mass is 9.34. The Morgan fingerprint density at radius 3 is 2.53 bits per heavy atom. The maximum Gasteiger partial charge on any atom is 0.318 e. The number of hydrogen-bond acceptors (Lipinski definition) is 4. The number of carbonyl (C=O) groups excluding carboxylic acids is 3. The van der Waals surface area contributed by atoms with Gasteiger partial charge < -0.3 is 10.1 Å². The van der Waals surface area contributed by atoms with Crippen molar-refractivity contribution in [2.24, 2.45) is 51.8 Å². The largest absolute Gasteiger partial charge is 0.393 e. The standard InChI is InChI=1S/C31H39NO4/c1-18(2)21-16-31-14-11-22-29(3,23(31)15-20(21)24-25(31)27(34)36-26(24)33)12-8-13-30(22,4)28(35)32-17-19-9-6-5-7-10-19/h5-7,9-10,16,18,20,22-25H,8,11-15,17H2,1-4H3,(H,32,35)/t20?,22?,23?,24?,25?,29-,30+,31?/m0/s1. The van der Waals surface area contributed by atoms with Gasteiger partial charge in [-0.25, -0.2) is 0 Å². The minimum absolute atomic E-state index is 0.0521. The van der Waals surface area contributed by atoms with E-state index in [1.165, 1.54) is 5.57 Å². The molecule has 1 amide bonds. The lowest BCUT2D eigenvalue weighted by molar-refractivity contribution is -0.187. The zero-order valence-corrected chi connectivity index (χ0v) is 22.0. The molecule has 2 bridgehead atoms. The van der Waals surface area contributed by atoms with Crippen LogP contribution in [0.5, 0.6) is 0 Å². The number of fused-ring (bicyclic) bond motifs is 1. The quantitative estimate of drug-likeness (QED) is 0.347. The van der Waals surface area contributed by atoms with Crippen molar-refractivity contribution in [1.29, 1.82) is 0 Å². The number of benzene rings is 1. The van der Waals surface area contributed by atoms with Crippen LogP contribution in [0.25, 0.3) is 0 Å². The van der Waals surface area contributed by atoms with Crippen LogP contribution >= 0.6 is 0 Å². The van der Waals surface area contributed by atoms with Gasteiger partial charge in [0.15, 0.2) is 0 Å². The molecule has 3 saturated carbocycles. The van der Waals surface area contributed by atoms with Crippen molar-refractivity contribution in [3.8, 4) is 0 Å². The fraction of sp³-hybridized carbons (Fsp3) is 0.645. The average molecular weight is 490 g/mol. The van der Waals surface area contributed by atoms with E-state index in [2.05, 4.69) is 39.1 Å². The minimum Gasteiger partial charge on any atom is -0.393 e. The monoisotopic (exact) mass is 489 g/mol. The molecule has 4 fully saturated rings. The van der Waals surface area contributed by atoms with Crippen LogP contribution in [0.1, 0.15) is 71.8 Å². The Bertz CT molecular complexity index is 1140. The van der Waals surface area contributed by atoms with Gasteiger partial charge in [-0.05, 0) is 66.8 Å². The van der Waals surface area contributed by atoms with Crippen molar-refractivity contribution in [3.05, 3.63) is 47.5 Å². The summed E-state index contributed by atoms with van der Waals surface area (Å²) in [6.45, 7) is 9.53. The molecule has 5 nitrogen and oxygen atoms in total. The number of esters is 2. The highest BCUT2D eigenvalue weighted by Crippen LogP contribution is 2.74. The molecule has 7 rings (SSSR count). The fourth-order valence-electron chi connectivity index (χ4n) is 9.76. The first-order valence-corrected chi connectivity index (χ1v) is 13.9. The van der Waals surface area contributed by atoms with Crippen molar-refractivity contribution in [3.63, 3.8) is 0 Å². The first-order valence-electron chi connectivity index (χ1n) is 13.9. The van der Waals surface area contributed by atoms with Gasteiger partial charge in [-0.1, -0.05) is 76.1 Å². The predicted octanol–water partition coefficient (Wildman–Crippen LogP) is 5.44. The molecule has 6 aliphatic rings. The number of amides is 1. The van der Waals surface area contributed by atoms with Crippen LogP contribution in [-0.2, 0) is 25.7 Å². The molecule has 1 N–H and O–H groups in total. The average Bonchev–Trinajstić information content (AvgIpc) is 3.18. The normalized spacial score (nSPS) is 42.8.